The molecule has 1 atom stereocenters. The maximum Gasteiger partial charge on any atom is 0.320 e. The summed E-state index contributed by atoms with van der Waals surface area (Å²) in [6.07, 6.45) is 3.28. The van der Waals surface area contributed by atoms with E-state index in [9.17, 15) is 4.79 Å². The number of benzene rings is 1. The number of nitrogens with two attached hydrogens (primary N) is 1. The number of hydrogen-bond donors (Lipinski definition) is 3. The van der Waals surface area contributed by atoms with Crippen molar-refractivity contribution in [2.45, 2.75) is 31.7 Å². The molecule has 1 aromatic carbocycles. The first-order valence-electron chi connectivity index (χ1n) is 7.78. The minimum absolute atomic E-state index is 0.357. The van der Waals surface area contributed by atoms with Crippen molar-refractivity contribution in [1.29, 1.82) is 0 Å². The van der Waals surface area contributed by atoms with Gasteiger partial charge in [-0.2, -0.15) is 0 Å². The summed E-state index contributed by atoms with van der Waals surface area (Å²) < 4.78 is 0. The van der Waals surface area contributed by atoms with Crippen molar-refractivity contribution >= 4 is 11.8 Å². The average molecular weight is 313 g/mol. The molecule has 1 heterocycles. The van der Waals surface area contributed by atoms with Gasteiger partial charge in [0, 0.05) is 12.7 Å². The third kappa shape index (κ3) is 5.38. The van der Waals surface area contributed by atoms with E-state index in [-0.39, 0.29) is 0 Å². The Bertz CT molecular complexity index is 641. The van der Waals surface area contributed by atoms with Gasteiger partial charge in [-0.05, 0) is 48.9 Å². The Morgan fingerprint density at radius 1 is 1.17 bits per heavy atom. The number of carboxylic acid groups (broad SMARTS) is 1. The van der Waals surface area contributed by atoms with E-state index >= 15 is 0 Å². The standard InChI is InChI=1S/C18H23N3O2/c1-20-17-7-3-6-15(21-17)5-2-4-13-8-10-14(11-9-13)12-16(19)18(22)23/h3,6-11,16H,2,4-5,12,19H2,1H3,(H,20,21)(H,22,23)/t16-/m0/s1. The highest BCUT2D eigenvalue weighted by Gasteiger charge is 2.11. The number of aromatic nitrogens is 1. The Labute approximate surface area is 136 Å². The van der Waals surface area contributed by atoms with Gasteiger partial charge in [-0.25, -0.2) is 4.98 Å². The number of anilines is 1. The van der Waals surface area contributed by atoms with Crippen LogP contribution in [0.5, 0.6) is 0 Å². The maximum atomic E-state index is 10.8. The Morgan fingerprint density at radius 2 is 1.87 bits per heavy atom. The molecule has 0 aliphatic carbocycles. The molecule has 0 saturated heterocycles. The van der Waals surface area contributed by atoms with Gasteiger partial charge >= 0.3 is 5.97 Å². The van der Waals surface area contributed by atoms with Crippen LogP contribution in [0.3, 0.4) is 0 Å². The normalized spacial score (nSPS) is 11.9. The van der Waals surface area contributed by atoms with Gasteiger partial charge in [-0.1, -0.05) is 30.3 Å². The molecule has 0 radical (unpaired) electrons. The highest BCUT2D eigenvalue weighted by Crippen LogP contribution is 2.11. The molecule has 0 spiro atoms. The van der Waals surface area contributed by atoms with E-state index in [2.05, 4.69) is 10.3 Å². The summed E-state index contributed by atoms with van der Waals surface area (Å²) in [4.78, 5) is 15.3. The molecule has 0 amide bonds. The van der Waals surface area contributed by atoms with Crippen molar-refractivity contribution in [2.75, 3.05) is 12.4 Å². The summed E-state index contributed by atoms with van der Waals surface area (Å²) in [7, 11) is 1.87. The van der Waals surface area contributed by atoms with Gasteiger partial charge in [-0.3, -0.25) is 4.79 Å². The first kappa shape index (κ1) is 17.0. The molecular weight excluding hydrogens is 290 g/mol. The van der Waals surface area contributed by atoms with Gasteiger partial charge in [0.1, 0.15) is 11.9 Å². The quantitative estimate of drug-likeness (QED) is 0.695. The lowest BCUT2D eigenvalue weighted by molar-refractivity contribution is -0.138. The predicted molar refractivity (Wildman–Crippen MR) is 91.6 cm³/mol. The molecule has 0 unspecified atom stereocenters. The van der Waals surface area contributed by atoms with Crippen molar-refractivity contribution < 1.29 is 9.90 Å². The number of carboxylic acids is 1. The number of aryl methyl sites for hydroxylation is 2. The molecule has 1 aromatic heterocycles. The van der Waals surface area contributed by atoms with Crippen LogP contribution in [0.15, 0.2) is 42.5 Å². The van der Waals surface area contributed by atoms with Gasteiger partial charge in [0.15, 0.2) is 0 Å². The second-order valence-corrected chi connectivity index (χ2v) is 5.58. The van der Waals surface area contributed by atoms with Crippen molar-refractivity contribution in [1.82, 2.24) is 4.98 Å². The molecule has 5 heteroatoms. The van der Waals surface area contributed by atoms with E-state index in [4.69, 9.17) is 10.8 Å². The lowest BCUT2D eigenvalue weighted by atomic mass is 10.0. The molecule has 0 fully saturated rings. The summed E-state index contributed by atoms with van der Waals surface area (Å²) in [5.74, 6) is -0.0769. The highest BCUT2D eigenvalue weighted by molar-refractivity contribution is 5.73. The van der Waals surface area contributed by atoms with Crippen LogP contribution in [0, 0.1) is 0 Å². The van der Waals surface area contributed by atoms with Crippen LogP contribution < -0.4 is 11.1 Å². The van der Waals surface area contributed by atoms with Crippen molar-refractivity contribution in [2.24, 2.45) is 5.73 Å². The third-order valence-corrected chi connectivity index (χ3v) is 3.76. The first-order chi connectivity index (χ1) is 11.1. The number of nitrogens with zero attached hydrogens (tertiary/aromatic N) is 1. The first-order valence-corrected chi connectivity index (χ1v) is 7.78. The van der Waals surface area contributed by atoms with Crippen molar-refractivity contribution in [3.63, 3.8) is 0 Å². The number of pyridine rings is 1. The summed E-state index contributed by atoms with van der Waals surface area (Å²) in [5, 5.41) is 11.9. The van der Waals surface area contributed by atoms with E-state index in [1.54, 1.807) is 0 Å². The lowest BCUT2D eigenvalue weighted by Gasteiger charge is -2.08. The molecule has 2 rings (SSSR count). The molecule has 4 N–H and O–H groups in total. The molecule has 23 heavy (non-hydrogen) atoms. The zero-order valence-electron chi connectivity index (χ0n) is 13.3. The molecule has 2 aromatic rings. The van der Waals surface area contributed by atoms with Crippen molar-refractivity contribution in [3.05, 3.63) is 59.3 Å². The topological polar surface area (TPSA) is 88.2 Å². The van der Waals surface area contributed by atoms with Crippen LogP contribution in [-0.4, -0.2) is 29.1 Å². The minimum Gasteiger partial charge on any atom is -0.480 e. The van der Waals surface area contributed by atoms with E-state index in [1.807, 2.05) is 49.5 Å². The number of carbonyl (C=O) groups is 1. The van der Waals surface area contributed by atoms with Gasteiger partial charge in [0.25, 0.3) is 0 Å². The molecule has 0 bridgehead atoms. The zero-order valence-corrected chi connectivity index (χ0v) is 13.3. The van der Waals surface area contributed by atoms with Gasteiger partial charge in [0.05, 0.1) is 0 Å². The molecular formula is C18H23N3O2. The van der Waals surface area contributed by atoms with Gasteiger partial charge < -0.3 is 16.2 Å². The summed E-state index contributed by atoms with van der Waals surface area (Å²) in [6.45, 7) is 0. The Kier molecular flexibility index (Phi) is 6.11. The van der Waals surface area contributed by atoms with Gasteiger partial charge in [-0.15, -0.1) is 0 Å². The summed E-state index contributed by atoms with van der Waals surface area (Å²) in [6, 6.07) is 13.2. The predicted octanol–water partition coefficient (Wildman–Crippen LogP) is 2.25. The van der Waals surface area contributed by atoms with Crippen LogP contribution in [0.4, 0.5) is 5.82 Å². The largest absolute Gasteiger partial charge is 0.480 e. The Balaban J connectivity index is 1.83. The average Bonchev–Trinajstić information content (AvgIpc) is 2.56. The highest BCUT2D eigenvalue weighted by atomic mass is 16.4. The fourth-order valence-corrected chi connectivity index (χ4v) is 2.41. The van der Waals surface area contributed by atoms with Crippen LogP contribution >= 0.6 is 0 Å². The van der Waals surface area contributed by atoms with Crippen LogP contribution in [0.1, 0.15) is 23.2 Å². The smallest absolute Gasteiger partial charge is 0.320 e. The number of nitrogens with one attached hydrogen (secondary N) is 1. The number of rotatable bonds is 8. The summed E-state index contributed by atoms with van der Waals surface area (Å²) >= 11 is 0. The van der Waals surface area contributed by atoms with Gasteiger partial charge in [0.2, 0.25) is 0 Å². The maximum absolute atomic E-state index is 10.8. The third-order valence-electron chi connectivity index (χ3n) is 3.76. The van der Waals surface area contributed by atoms with E-state index < -0.39 is 12.0 Å². The molecule has 122 valence electrons. The molecule has 0 saturated carbocycles. The van der Waals surface area contributed by atoms with Crippen molar-refractivity contribution in [3.8, 4) is 0 Å². The Morgan fingerprint density at radius 3 is 2.52 bits per heavy atom. The van der Waals surface area contributed by atoms with Crippen LogP contribution in [0.2, 0.25) is 0 Å². The van der Waals surface area contributed by atoms with E-state index in [0.29, 0.717) is 6.42 Å². The second kappa shape index (κ2) is 8.29. The van der Waals surface area contributed by atoms with E-state index in [0.717, 1.165) is 36.3 Å². The fraction of sp³-hybridized carbons (Fsp3) is 0.333. The molecule has 5 nitrogen and oxygen atoms in total. The molecule has 0 aliphatic heterocycles. The number of aliphatic carboxylic acids is 1. The zero-order chi connectivity index (χ0) is 16.7. The number of hydrogen-bond acceptors (Lipinski definition) is 4. The minimum atomic E-state index is -0.967. The second-order valence-electron chi connectivity index (χ2n) is 5.58. The summed E-state index contributed by atoms with van der Waals surface area (Å²) in [5.41, 5.74) is 8.82. The van der Waals surface area contributed by atoms with E-state index in [1.165, 1.54) is 5.56 Å². The van der Waals surface area contributed by atoms with Crippen LogP contribution in [-0.2, 0) is 24.1 Å². The fourth-order valence-electron chi connectivity index (χ4n) is 2.41. The molecule has 0 aliphatic rings. The Hall–Kier alpha value is -2.40. The SMILES string of the molecule is CNc1cccc(CCCc2ccc(C[C@H](N)C(=O)O)cc2)n1. The monoisotopic (exact) mass is 313 g/mol. The van der Waals surface area contributed by atoms with Crippen LogP contribution in [0.25, 0.3) is 0 Å². The lowest BCUT2D eigenvalue weighted by Crippen LogP contribution is -2.32.